The second kappa shape index (κ2) is 9.61. The van der Waals surface area contributed by atoms with Crippen LogP contribution in [0, 0.1) is 0 Å². The summed E-state index contributed by atoms with van der Waals surface area (Å²) in [5, 5.41) is 7.83. The predicted octanol–water partition coefficient (Wildman–Crippen LogP) is 8.95. The number of allylic oxidation sites excluding steroid dienone is 4. The van der Waals surface area contributed by atoms with E-state index in [0.29, 0.717) is 0 Å². The van der Waals surface area contributed by atoms with Gasteiger partial charge in [0.25, 0.3) is 5.01 Å². The molecule has 0 aliphatic carbocycles. The molecule has 4 heteroatoms. The van der Waals surface area contributed by atoms with Crippen molar-refractivity contribution in [2.24, 2.45) is 0 Å². The van der Waals surface area contributed by atoms with Gasteiger partial charge in [-0.15, -0.1) is 0 Å². The van der Waals surface area contributed by atoms with Crippen LogP contribution in [-0.2, 0) is 6.54 Å². The van der Waals surface area contributed by atoms with Crippen LogP contribution in [0.2, 0.25) is 0 Å². The highest BCUT2D eigenvalue weighted by atomic mass is 32.2. The van der Waals surface area contributed by atoms with Gasteiger partial charge in [0, 0.05) is 22.9 Å². The van der Waals surface area contributed by atoms with Crippen LogP contribution in [0.4, 0.5) is 5.69 Å². The molecule has 0 unspecified atom stereocenters. The van der Waals surface area contributed by atoms with E-state index in [1.54, 1.807) is 0 Å². The number of anilines is 1. The first-order valence-electron chi connectivity index (χ1n) is 12.6. The zero-order valence-corrected chi connectivity index (χ0v) is 22.5. The highest BCUT2D eigenvalue weighted by Gasteiger charge is 2.26. The summed E-state index contributed by atoms with van der Waals surface area (Å²) in [7, 11) is 0. The number of thiazole rings is 1. The van der Waals surface area contributed by atoms with Crippen LogP contribution in [0.15, 0.2) is 107 Å². The topological polar surface area (TPSA) is 7.12 Å². The number of nitrogens with zero attached hydrogens (tertiary/aromatic N) is 2. The van der Waals surface area contributed by atoms with Gasteiger partial charge in [-0.05, 0) is 61.4 Å². The zero-order chi connectivity index (χ0) is 24.6. The normalized spacial score (nSPS) is 15.2. The Morgan fingerprint density at radius 1 is 0.889 bits per heavy atom. The van der Waals surface area contributed by atoms with Crippen molar-refractivity contribution in [1.29, 1.82) is 0 Å². The lowest BCUT2D eigenvalue weighted by Gasteiger charge is -2.20. The number of fused-ring (bicyclic) bond motifs is 6. The molecule has 4 aromatic carbocycles. The molecule has 0 bridgehead atoms. The van der Waals surface area contributed by atoms with Crippen molar-refractivity contribution in [3.05, 3.63) is 107 Å². The maximum absolute atomic E-state index is 2.45. The van der Waals surface area contributed by atoms with Gasteiger partial charge in [-0.3, -0.25) is 0 Å². The standard InChI is InChI=1S/C32H29N2S2/c1-4-33-29(35-27-19-17-23-12-6-8-14-25(23)31(27)33)16-10-11-22(3)21-30-34(5-2)32-26-15-9-7-13-24(26)18-20-28(32)36-30/h6-21H,4-5H2,1-3H3/q+1. The van der Waals surface area contributed by atoms with Gasteiger partial charge < -0.3 is 4.90 Å². The maximum Gasteiger partial charge on any atom is 0.262 e. The second-order valence-corrected chi connectivity index (χ2v) is 11.2. The fourth-order valence-electron chi connectivity index (χ4n) is 5.13. The molecule has 0 saturated carbocycles. The molecule has 5 aromatic rings. The summed E-state index contributed by atoms with van der Waals surface area (Å²) in [5.41, 5.74) is 3.93. The summed E-state index contributed by atoms with van der Waals surface area (Å²) in [6, 6.07) is 26.4. The van der Waals surface area contributed by atoms with E-state index in [4.69, 9.17) is 0 Å². The lowest BCUT2D eigenvalue weighted by molar-refractivity contribution is -0.664. The molecule has 2 heterocycles. The van der Waals surface area contributed by atoms with Crippen molar-refractivity contribution in [2.75, 3.05) is 11.4 Å². The molecule has 1 aromatic heterocycles. The molecule has 2 nitrogen and oxygen atoms in total. The van der Waals surface area contributed by atoms with Crippen molar-refractivity contribution < 1.29 is 4.57 Å². The minimum atomic E-state index is 0.953. The second-order valence-electron chi connectivity index (χ2n) is 9.05. The summed E-state index contributed by atoms with van der Waals surface area (Å²) < 4.78 is 3.78. The molecule has 0 spiro atoms. The van der Waals surface area contributed by atoms with Gasteiger partial charge in [0.2, 0.25) is 5.52 Å². The highest BCUT2D eigenvalue weighted by molar-refractivity contribution is 8.03. The minimum Gasteiger partial charge on any atom is -0.335 e. The van der Waals surface area contributed by atoms with Crippen LogP contribution in [-0.4, -0.2) is 6.54 Å². The van der Waals surface area contributed by atoms with E-state index >= 15 is 0 Å². The van der Waals surface area contributed by atoms with Gasteiger partial charge in [0.1, 0.15) is 11.2 Å². The number of hydrogen-bond donors (Lipinski definition) is 0. The third-order valence-corrected chi connectivity index (χ3v) is 9.02. The van der Waals surface area contributed by atoms with Gasteiger partial charge in [0.15, 0.2) is 0 Å². The Labute approximate surface area is 220 Å². The van der Waals surface area contributed by atoms with Crippen molar-refractivity contribution in [3.63, 3.8) is 0 Å². The number of benzene rings is 4. The van der Waals surface area contributed by atoms with Gasteiger partial charge in [-0.2, -0.15) is 4.57 Å². The molecule has 0 amide bonds. The van der Waals surface area contributed by atoms with Crippen LogP contribution >= 0.6 is 23.1 Å². The van der Waals surface area contributed by atoms with Crippen LogP contribution in [0.25, 0.3) is 37.8 Å². The summed E-state index contributed by atoms with van der Waals surface area (Å²) >= 11 is 3.74. The molecule has 1 aliphatic rings. The average Bonchev–Trinajstić information content (AvgIpc) is 3.45. The fraction of sp³-hybridized carbons (Fsp3) is 0.156. The Hall–Kier alpha value is -3.34. The van der Waals surface area contributed by atoms with E-state index in [1.807, 2.05) is 23.1 Å². The van der Waals surface area contributed by atoms with E-state index < -0.39 is 0 Å². The summed E-state index contributed by atoms with van der Waals surface area (Å²) in [5.74, 6) is 0. The van der Waals surface area contributed by atoms with Gasteiger partial charge in [-0.25, -0.2) is 0 Å². The Balaban J connectivity index is 1.31. The average molecular weight is 506 g/mol. The number of aryl methyl sites for hydroxylation is 1. The van der Waals surface area contributed by atoms with Crippen LogP contribution in [0.1, 0.15) is 25.8 Å². The Morgan fingerprint density at radius 3 is 2.39 bits per heavy atom. The molecule has 0 fully saturated rings. The quantitative estimate of drug-likeness (QED) is 0.174. The third kappa shape index (κ3) is 3.95. The van der Waals surface area contributed by atoms with Crippen LogP contribution < -0.4 is 9.47 Å². The monoisotopic (exact) mass is 505 g/mol. The molecule has 1 aliphatic heterocycles. The first-order valence-corrected chi connectivity index (χ1v) is 14.2. The van der Waals surface area contributed by atoms with Crippen LogP contribution in [0.5, 0.6) is 0 Å². The minimum absolute atomic E-state index is 0.953. The molecule has 6 rings (SSSR count). The molecule has 178 valence electrons. The molecule has 0 saturated heterocycles. The van der Waals surface area contributed by atoms with Gasteiger partial charge in [-0.1, -0.05) is 89.8 Å². The predicted molar refractivity (Wildman–Crippen MR) is 159 cm³/mol. The maximum atomic E-state index is 2.45. The fourth-order valence-corrected chi connectivity index (χ4v) is 7.54. The van der Waals surface area contributed by atoms with E-state index in [-0.39, 0.29) is 0 Å². The Morgan fingerprint density at radius 2 is 1.61 bits per heavy atom. The molecular formula is C32H29N2S2+. The number of rotatable bonds is 5. The third-order valence-electron chi connectivity index (χ3n) is 6.81. The smallest absolute Gasteiger partial charge is 0.262 e. The summed E-state index contributed by atoms with van der Waals surface area (Å²) in [4.78, 5) is 3.79. The largest absolute Gasteiger partial charge is 0.335 e. The van der Waals surface area contributed by atoms with Gasteiger partial charge >= 0.3 is 0 Å². The SMILES string of the molecule is CCN1/C(=C/C(C)=C/C=C/c2sc3ccc4ccccc4c3[n+]2CC)Sc2ccc3ccccc3c21. The van der Waals surface area contributed by atoms with E-state index in [9.17, 15) is 0 Å². The number of thioether (sulfide) groups is 1. The van der Waals surface area contributed by atoms with Crippen LogP contribution in [0.3, 0.4) is 0 Å². The summed E-state index contributed by atoms with van der Waals surface area (Å²) in [6.07, 6.45) is 9.00. The number of aromatic nitrogens is 1. The number of hydrogen-bond acceptors (Lipinski definition) is 3. The van der Waals surface area contributed by atoms with E-state index in [0.717, 1.165) is 13.1 Å². The molecule has 36 heavy (non-hydrogen) atoms. The van der Waals surface area contributed by atoms with Crippen molar-refractivity contribution in [2.45, 2.75) is 32.2 Å². The lowest BCUT2D eigenvalue weighted by Crippen LogP contribution is -2.33. The van der Waals surface area contributed by atoms with E-state index in [1.165, 1.54) is 58.0 Å². The molecule has 0 N–H and O–H groups in total. The first-order chi connectivity index (χ1) is 17.7. The van der Waals surface area contributed by atoms with E-state index in [2.05, 4.69) is 127 Å². The lowest BCUT2D eigenvalue weighted by atomic mass is 10.1. The molecule has 0 radical (unpaired) electrons. The van der Waals surface area contributed by atoms with Crippen molar-refractivity contribution in [1.82, 2.24) is 0 Å². The van der Waals surface area contributed by atoms with Gasteiger partial charge in [0.05, 0.1) is 16.1 Å². The Bertz CT molecular complexity index is 1700. The first kappa shape index (κ1) is 23.1. The zero-order valence-electron chi connectivity index (χ0n) is 20.9. The van der Waals surface area contributed by atoms with Crippen molar-refractivity contribution in [3.8, 4) is 0 Å². The molecular weight excluding hydrogens is 477 g/mol. The summed E-state index contributed by atoms with van der Waals surface area (Å²) in [6.45, 7) is 8.57. The highest BCUT2D eigenvalue weighted by Crippen LogP contribution is 2.49. The molecule has 0 atom stereocenters. The van der Waals surface area contributed by atoms with Crippen molar-refractivity contribution >= 4 is 66.6 Å². The Kier molecular flexibility index (Phi) is 6.16.